The zero-order chi connectivity index (χ0) is 16.7. The highest BCUT2D eigenvalue weighted by Crippen LogP contribution is 2.54. The summed E-state index contributed by atoms with van der Waals surface area (Å²) in [4.78, 5) is 24.4. The summed E-state index contributed by atoms with van der Waals surface area (Å²) < 4.78 is 5.71. The van der Waals surface area contributed by atoms with E-state index in [1.807, 2.05) is 18.2 Å². The first kappa shape index (κ1) is 15.6. The lowest BCUT2D eigenvalue weighted by Gasteiger charge is -2.27. The minimum absolute atomic E-state index is 0.123. The van der Waals surface area contributed by atoms with Crippen molar-refractivity contribution in [3.05, 3.63) is 35.9 Å². The molecule has 1 amide bonds. The molecule has 5 atom stereocenters. The van der Waals surface area contributed by atoms with E-state index < -0.39 is 17.3 Å². The van der Waals surface area contributed by atoms with E-state index in [2.05, 4.69) is 5.32 Å². The van der Waals surface area contributed by atoms with Gasteiger partial charge >= 0.3 is 5.97 Å². The average molecular weight is 329 g/mol. The highest BCUT2D eigenvalue weighted by Gasteiger charge is 2.65. The monoisotopic (exact) mass is 329 g/mol. The summed E-state index contributed by atoms with van der Waals surface area (Å²) in [6, 6.07) is 9.12. The third-order valence-corrected chi connectivity index (χ3v) is 6.12. The van der Waals surface area contributed by atoms with Crippen LogP contribution < -0.4 is 5.32 Å². The van der Waals surface area contributed by atoms with Crippen molar-refractivity contribution in [3.63, 3.8) is 0 Å². The summed E-state index contributed by atoms with van der Waals surface area (Å²) in [5, 5.41) is 12.7. The Kier molecular flexibility index (Phi) is 3.83. The number of ether oxygens (including phenoxy) is 1. The van der Waals surface area contributed by atoms with Crippen molar-refractivity contribution in [2.75, 3.05) is 13.2 Å². The Morgan fingerprint density at radius 2 is 2.04 bits per heavy atom. The van der Waals surface area contributed by atoms with Crippen molar-refractivity contribution in [2.45, 2.75) is 37.2 Å². The Balaban J connectivity index is 1.39. The number of fused-ring (bicyclic) bond motifs is 2. The Labute approximate surface area is 141 Å². The van der Waals surface area contributed by atoms with Gasteiger partial charge in [0, 0.05) is 6.54 Å². The fraction of sp³-hybridized carbons (Fsp3) is 0.579. The molecule has 1 heterocycles. The molecule has 1 aromatic carbocycles. The molecule has 3 unspecified atom stereocenters. The van der Waals surface area contributed by atoms with Crippen LogP contribution in [0.1, 0.15) is 31.2 Å². The van der Waals surface area contributed by atoms with Gasteiger partial charge in [-0.15, -0.1) is 0 Å². The second-order valence-corrected chi connectivity index (χ2v) is 7.43. The van der Waals surface area contributed by atoms with Crippen molar-refractivity contribution in [3.8, 4) is 0 Å². The Morgan fingerprint density at radius 3 is 2.79 bits per heavy atom. The first-order chi connectivity index (χ1) is 11.6. The summed E-state index contributed by atoms with van der Waals surface area (Å²) >= 11 is 0. The molecule has 2 N–H and O–H groups in total. The molecule has 128 valence electrons. The quantitative estimate of drug-likeness (QED) is 0.866. The summed E-state index contributed by atoms with van der Waals surface area (Å²) in [6.07, 6.45) is 4.07. The Morgan fingerprint density at radius 1 is 1.25 bits per heavy atom. The molecule has 2 saturated carbocycles. The first-order valence-corrected chi connectivity index (χ1v) is 8.79. The van der Waals surface area contributed by atoms with Crippen LogP contribution in [0.25, 0.3) is 0 Å². The second kappa shape index (κ2) is 5.88. The van der Waals surface area contributed by atoms with Gasteiger partial charge in [0.05, 0.1) is 18.6 Å². The van der Waals surface area contributed by atoms with Gasteiger partial charge in [0.1, 0.15) is 5.41 Å². The molecule has 5 heteroatoms. The zero-order valence-corrected chi connectivity index (χ0v) is 13.6. The molecule has 5 nitrogen and oxygen atoms in total. The van der Waals surface area contributed by atoms with E-state index in [-0.39, 0.29) is 5.91 Å². The third kappa shape index (κ3) is 2.51. The molecule has 0 aromatic heterocycles. The highest BCUT2D eigenvalue weighted by atomic mass is 16.5. The molecule has 3 fully saturated rings. The van der Waals surface area contributed by atoms with Crippen LogP contribution >= 0.6 is 0 Å². The average Bonchev–Trinajstić information content (AvgIpc) is 3.27. The van der Waals surface area contributed by atoms with Gasteiger partial charge in [0.2, 0.25) is 5.91 Å². The number of carboxylic acids is 1. The van der Waals surface area contributed by atoms with Crippen molar-refractivity contribution in [1.82, 2.24) is 5.32 Å². The SMILES string of the molecule is O=C(NCC1CCC2CC1CO2)[C@H]1C[C@]1(C(=O)O)c1ccccc1. The maximum absolute atomic E-state index is 12.5. The van der Waals surface area contributed by atoms with Crippen molar-refractivity contribution in [1.29, 1.82) is 0 Å². The third-order valence-electron chi connectivity index (χ3n) is 6.12. The zero-order valence-electron chi connectivity index (χ0n) is 13.6. The number of rotatable bonds is 5. The lowest BCUT2D eigenvalue weighted by molar-refractivity contribution is -0.142. The van der Waals surface area contributed by atoms with E-state index in [4.69, 9.17) is 4.74 Å². The number of benzene rings is 1. The smallest absolute Gasteiger partial charge is 0.314 e. The Hall–Kier alpha value is -1.88. The molecule has 2 aliphatic carbocycles. The highest BCUT2D eigenvalue weighted by molar-refractivity contribution is 5.97. The predicted molar refractivity (Wildman–Crippen MR) is 87.4 cm³/mol. The summed E-state index contributed by atoms with van der Waals surface area (Å²) in [5.74, 6) is -0.488. The van der Waals surface area contributed by atoms with E-state index in [0.717, 1.165) is 31.4 Å². The van der Waals surface area contributed by atoms with Crippen molar-refractivity contribution >= 4 is 11.9 Å². The normalized spacial score (nSPS) is 37.0. The van der Waals surface area contributed by atoms with E-state index in [1.54, 1.807) is 12.1 Å². The molecule has 24 heavy (non-hydrogen) atoms. The molecule has 0 radical (unpaired) electrons. The van der Waals surface area contributed by atoms with Crippen molar-refractivity contribution < 1.29 is 19.4 Å². The molecule has 1 saturated heterocycles. The summed E-state index contributed by atoms with van der Waals surface area (Å²) in [7, 11) is 0. The maximum atomic E-state index is 12.5. The molecule has 2 bridgehead atoms. The number of aliphatic carboxylic acids is 1. The molecule has 0 spiro atoms. The molecule has 4 rings (SSSR count). The Bertz CT molecular complexity index is 646. The summed E-state index contributed by atoms with van der Waals surface area (Å²) in [6.45, 7) is 1.44. The van der Waals surface area contributed by atoms with Gasteiger partial charge in [-0.2, -0.15) is 0 Å². The minimum Gasteiger partial charge on any atom is -0.481 e. The van der Waals surface area contributed by atoms with Crippen LogP contribution in [0.2, 0.25) is 0 Å². The van der Waals surface area contributed by atoms with Crippen LogP contribution in [0.5, 0.6) is 0 Å². The maximum Gasteiger partial charge on any atom is 0.314 e. The molecular weight excluding hydrogens is 306 g/mol. The topological polar surface area (TPSA) is 75.6 Å². The number of hydrogen-bond donors (Lipinski definition) is 2. The molecule has 1 aliphatic heterocycles. The van der Waals surface area contributed by atoms with E-state index in [0.29, 0.717) is 30.9 Å². The van der Waals surface area contributed by atoms with Gasteiger partial charge in [-0.1, -0.05) is 30.3 Å². The number of carboxylic acid groups (broad SMARTS) is 1. The van der Waals surface area contributed by atoms with Crippen LogP contribution in [0.4, 0.5) is 0 Å². The van der Waals surface area contributed by atoms with Gasteiger partial charge in [-0.05, 0) is 43.1 Å². The first-order valence-electron chi connectivity index (χ1n) is 8.79. The second-order valence-electron chi connectivity index (χ2n) is 7.43. The van der Waals surface area contributed by atoms with E-state index in [1.165, 1.54) is 0 Å². The van der Waals surface area contributed by atoms with Gasteiger partial charge < -0.3 is 15.2 Å². The minimum atomic E-state index is -1.04. The lowest BCUT2D eigenvalue weighted by atomic mass is 9.80. The van der Waals surface area contributed by atoms with Crippen LogP contribution in [0.15, 0.2) is 30.3 Å². The van der Waals surface area contributed by atoms with Gasteiger partial charge in [-0.3, -0.25) is 9.59 Å². The lowest BCUT2D eigenvalue weighted by Crippen LogP contribution is -2.37. The largest absolute Gasteiger partial charge is 0.481 e. The van der Waals surface area contributed by atoms with Crippen molar-refractivity contribution in [2.24, 2.45) is 17.8 Å². The number of carbonyl (C=O) groups is 2. The standard InChI is InChI=1S/C19H23NO4/c21-17(20-10-12-6-7-15-8-13(12)11-24-15)16-9-19(16,18(22)23)14-4-2-1-3-5-14/h1-5,12-13,15-16H,6-11H2,(H,20,21)(H,22,23)/t12?,13?,15?,16-,19+/m1/s1. The van der Waals surface area contributed by atoms with E-state index >= 15 is 0 Å². The van der Waals surface area contributed by atoms with Gasteiger partial charge in [0.25, 0.3) is 0 Å². The number of amides is 1. The van der Waals surface area contributed by atoms with Crippen LogP contribution in [-0.2, 0) is 19.7 Å². The van der Waals surface area contributed by atoms with Crippen LogP contribution in [0.3, 0.4) is 0 Å². The van der Waals surface area contributed by atoms with Crippen LogP contribution in [0, 0.1) is 17.8 Å². The fourth-order valence-corrected chi connectivity index (χ4v) is 4.52. The van der Waals surface area contributed by atoms with E-state index in [9.17, 15) is 14.7 Å². The van der Waals surface area contributed by atoms with Gasteiger partial charge in [0.15, 0.2) is 0 Å². The fourth-order valence-electron chi connectivity index (χ4n) is 4.52. The molecule has 1 aromatic rings. The summed E-state index contributed by atoms with van der Waals surface area (Å²) in [5.41, 5.74) is -0.318. The number of nitrogens with one attached hydrogen (secondary N) is 1. The number of hydrogen-bond acceptors (Lipinski definition) is 3. The van der Waals surface area contributed by atoms with Gasteiger partial charge in [-0.25, -0.2) is 0 Å². The predicted octanol–water partition coefficient (Wildman–Crippen LogP) is 1.96. The molecule has 3 aliphatic rings. The molecular formula is C19H23NO4. The number of carbonyl (C=O) groups excluding carboxylic acids is 1. The van der Waals surface area contributed by atoms with Crippen LogP contribution in [-0.4, -0.2) is 36.2 Å².